The highest BCUT2D eigenvalue weighted by Gasteiger charge is 2.35. The van der Waals surface area contributed by atoms with Gasteiger partial charge in [0.05, 0.1) is 19.3 Å². The number of rotatable bonds is 11. The lowest BCUT2D eigenvalue weighted by Crippen LogP contribution is -2.33. The lowest BCUT2D eigenvalue weighted by Gasteiger charge is -2.17. The maximum Gasteiger partial charge on any atom is 0.330 e. The highest BCUT2D eigenvalue weighted by Crippen LogP contribution is 2.31. The fourth-order valence-corrected chi connectivity index (χ4v) is 4.47. The molecule has 0 spiro atoms. The number of aromatic amines is 1. The molecule has 1 aromatic heterocycles. The van der Waals surface area contributed by atoms with E-state index < -0.39 is 29.7 Å². The molecule has 1 fully saturated rings. The third-order valence-corrected chi connectivity index (χ3v) is 6.69. The summed E-state index contributed by atoms with van der Waals surface area (Å²) in [4.78, 5) is 26.2. The summed E-state index contributed by atoms with van der Waals surface area (Å²) in [7, 11) is 0. The van der Waals surface area contributed by atoms with Crippen LogP contribution < -0.4 is 20.7 Å². The van der Waals surface area contributed by atoms with E-state index in [-0.39, 0.29) is 19.6 Å². The number of nitrogens with one attached hydrogen (secondary N) is 1. The Bertz CT molecular complexity index is 1520. The van der Waals surface area contributed by atoms with Gasteiger partial charge >= 0.3 is 5.69 Å². The summed E-state index contributed by atoms with van der Waals surface area (Å²) in [6.45, 7) is 2.79. The molecule has 4 aromatic rings. The van der Waals surface area contributed by atoms with Gasteiger partial charge in [0, 0.05) is 18.2 Å². The molecule has 1 saturated heterocycles. The van der Waals surface area contributed by atoms with E-state index in [0.29, 0.717) is 30.3 Å². The molecule has 208 valence electrons. The molecule has 3 aromatic carbocycles. The van der Waals surface area contributed by atoms with E-state index in [4.69, 9.17) is 18.9 Å². The molecule has 9 nitrogen and oxygen atoms in total. The second-order valence-electron chi connectivity index (χ2n) is 9.76. The largest absolute Gasteiger partial charge is 0.485 e. The standard InChI is InChI=1S/C31H32N2O7/c1-21-16-33(31(36)32-30(21)35)29-15-25(34)28(40-29)20-37-17-24-12-13-26(38-18-22-8-4-2-5-9-22)27(14-24)39-19-23-10-6-3-7-11-23/h2-14,16,25,28-29,34H,15,17-20H2,1H3,(H,32,35,36)/t25?,28-,29-/m1/s1. The quantitative estimate of drug-likeness (QED) is 0.295. The molecular weight excluding hydrogens is 512 g/mol. The van der Waals surface area contributed by atoms with Gasteiger partial charge in [0.2, 0.25) is 0 Å². The number of aromatic nitrogens is 2. The minimum Gasteiger partial charge on any atom is -0.485 e. The van der Waals surface area contributed by atoms with Crippen molar-refractivity contribution in [2.24, 2.45) is 0 Å². The molecule has 0 bridgehead atoms. The van der Waals surface area contributed by atoms with Crippen molar-refractivity contribution >= 4 is 0 Å². The van der Waals surface area contributed by atoms with Crippen LogP contribution in [0.1, 0.15) is 34.9 Å². The Labute approximate surface area is 231 Å². The molecule has 40 heavy (non-hydrogen) atoms. The van der Waals surface area contributed by atoms with Gasteiger partial charge in [0.1, 0.15) is 25.5 Å². The van der Waals surface area contributed by atoms with Gasteiger partial charge in [0.15, 0.2) is 11.5 Å². The van der Waals surface area contributed by atoms with Crippen molar-refractivity contribution in [2.75, 3.05) is 6.61 Å². The first-order valence-electron chi connectivity index (χ1n) is 13.2. The van der Waals surface area contributed by atoms with E-state index in [0.717, 1.165) is 16.7 Å². The van der Waals surface area contributed by atoms with E-state index in [1.165, 1.54) is 10.8 Å². The highest BCUT2D eigenvalue weighted by atomic mass is 16.6. The zero-order chi connectivity index (χ0) is 27.9. The second kappa shape index (κ2) is 12.8. The first-order chi connectivity index (χ1) is 19.5. The van der Waals surface area contributed by atoms with E-state index in [9.17, 15) is 14.7 Å². The molecule has 1 aliphatic rings. The normalized spacial score (nSPS) is 18.5. The first-order valence-corrected chi connectivity index (χ1v) is 13.2. The van der Waals surface area contributed by atoms with Crippen molar-refractivity contribution in [3.8, 4) is 11.5 Å². The lowest BCUT2D eigenvalue weighted by molar-refractivity contribution is -0.0668. The zero-order valence-electron chi connectivity index (χ0n) is 22.2. The van der Waals surface area contributed by atoms with Crippen LogP contribution in [0.25, 0.3) is 0 Å². The van der Waals surface area contributed by atoms with Crippen molar-refractivity contribution in [3.05, 3.63) is 128 Å². The average Bonchev–Trinajstić information content (AvgIpc) is 3.34. The Balaban J connectivity index is 1.22. The number of nitrogens with zero attached hydrogens (tertiary/aromatic N) is 1. The van der Waals surface area contributed by atoms with Crippen LogP contribution >= 0.6 is 0 Å². The third-order valence-electron chi connectivity index (χ3n) is 6.69. The van der Waals surface area contributed by atoms with Gasteiger partial charge < -0.3 is 24.1 Å². The van der Waals surface area contributed by atoms with Gasteiger partial charge in [-0.1, -0.05) is 66.7 Å². The fourth-order valence-electron chi connectivity index (χ4n) is 4.47. The number of aliphatic hydroxyl groups excluding tert-OH is 1. The van der Waals surface area contributed by atoms with Crippen LogP contribution in [-0.4, -0.2) is 33.5 Å². The summed E-state index contributed by atoms with van der Waals surface area (Å²) < 4.78 is 25.3. The van der Waals surface area contributed by atoms with Gasteiger partial charge in [-0.15, -0.1) is 0 Å². The van der Waals surface area contributed by atoms with Gasteiger partial charge in [0.25, 0.3) is 5.56 Å². The molecule has 3 atom stereocenters. The van der Waals surface area contributed by atoms with Crippen molar-refractivity contribution in [1.29, 1.82) is 0 Å². The Morgan fingerprint density at radius 1 is 0.875 bits per heavy atom. The van der Waals surface area contributed by atoms with Crippen LogP contribution in [0, 0.1) is 6.92 Å². The molecule has 0 saturated carbocycles. The first kappa shape index (κ1) is 27.4. The van der Waals surface area contributed by atoms with Crippen molar-refractivity contribution in [1.82, 2.24) is 9.55 Å². The van der Waals surface area contributed by atoms with E-state index >= 15 is 0 Å². The van der Waals surface area contributed by atoms with E-state index in [1.807, 2.05) is 78.9 Å². The van der Waals surface area contributed by atoms with Gasteiger partial charge in [-0.2, -0.15) is 0 Å². The zero-order valence-corrected chi connectivity index (χ0v) is 22.2. The van der Waals surface area contributed by atoms with Crippen molar-refractivity contribution in [3.63, 3.8) is 0 Å². The lowest BCUT2D eigenvalue weighted by atomic mass is 10.2. The fraction of sp³-hybridized carbons (Fsp3) is 0.290. The minimum absolute atomic E-state index is 0.126. The van der Waals surface area contributed by atoms with Crippen molar-refractivity contribution in [2.45, 2.75) is 51.6 Å². The van der Waals surface area contributed by atoms with Gasteiger partial charge in [-0.25, -0.2) is 4.79 Å². The summed E-state index contributed by atoms with van der Waals surface area (Å²) in [5, 5.41) is 10.5. The van der Waals surface area contributed by atoms with Gasteiger partial charge in [-0.05, 0) is 35.7 Å². The molecule has 1 aliphatic heterocycles. The van der Waals surface area contributed by atoms with Gasteiger partial charge in [-0.3, -0.25) is 14.3 Å². The molecule has 0 aliphatic carbocycles. The Morgan fingerprint density at radius 3 is 2.20 bits per heavy atom. The molecule has 9 heteroatoms. The number of benzene rings is 3. The smallest absolute Gasteiger partial charge is 0.330 e. The third kappa shape index (κ3) is 6.87. The molecule has 0 amide bonds. The molecule has 0 radical (unpaired) electrons. The summed E-state index contributed by atoms with van der Waals surface area (Å²) in [5.74, 6) is 1.23. The predicted octanol–water partition coefficient (Wildman–Crippen LogP) is 3.87. The average molecular weight is 545 g/mol. The minimum atomic E-state index is -0.817. The Kier molecular flexibility index (Phi) is 8.75. The molecule has 1 unspecified atom stereocenters. The maximum absolute atomic E-state index is 12.2. The summed E-state index contributed by atoms with van der Waals surface area (Å²) in [5.41, 5.74) is 2.33. The molecule has 2 N–H and O–H groups in total. The van der Waals surface area contributed by atoms with Crippen molar-refractivity contribution < 1.29 is 24.1 Å². The summed E-state index contributed by atoms with van der Waals surface area (Å²) in [6.07, 6.45) is -0.468. The SMILES string of the molecule is Cc1cn([C@H]2CC(O)[C@@H](COCc3ccc(OCc4ccccc4)c(OCc4ccccc4)c3)O2)c(=O)[nH]c1=O. The van der Waals surface area contributed by atoms with E-state index in [2.05, 4.69) is 4.98 Å². The summed E-state index contributed by atoms with van der Waals surface area (Å²) in [6, 6.07) is 25.5. The maximum atomic E-state index is 12.2. The topological polar surface area (TPSA) is 112 Å². The van der Waals surface area contributed by atoms with Crippen LogP contribution in [0.3, 0.4) is 0 Å². The van der Waals surface area contributed by atoms with Crippen LogP contribution in [-0.2, 0) is 29.3 Å². The van der Waals surface area contributed by atoms with Crippen LogP contribution in [0.2, 0.25) is 0 Å². The number of ether oxygens (including phenoxy) is 4. The number of aryl methyl sites for hydroxylation is 1. The number of H-pyrrole nitrogens is 1. The summed E-state index contributed by atoms with van der Waals surface area (Å²) >= 11 is 0. The molecule has 2 heterocycles. The monoisotopic (exact) mass is 544 g/mol. The highest BCUT2D eigenvalue weighted by molar-refractivity contribution is 5.43. The predicted molar refractivity (Wildman–Crippen MR) is 148 cm³/mol. The Hall–Kier alpha value is -4.18. The Morgan fingerprint density at radius 2 is 1.52 bits per heavy atom. The van der Waals surface area contributed by atoms with Crippen LogP contribution in [0.15, 0.2) is 94.6 Å². The number of hydrogen-bond acceptors (Lipinski definition) is 7. The second-order valence-corrected chi connectivity index (χ2v) is 9.76. The number of aliphatic hydroxyl groups is 1. The molecule has 5 rings (SSSR count). The van der Waals surface area contributed by atoms with E-state index in [1.54, 1.807) is 6.92 Å². The molecular formula is C31H32N2O7. The van der Waals surface area contributed by atoms with Crippen LogP contribution in [0.5, 0.6) is 11.5 Å². The van der Waals surface area contributed by atoms with Crippen LogP contribution in [0.4, 0.5) is 0 Å². The number of hydrogen-bond donors (Lipinski definition) is 2.